The minimum Gasteiger partial charge on any atom is -0.393 e. The molecule has 0 aliphatic carbocycles. The maximum absolute atomic E-state index is 9.49. The number of aliphatic hydroxyl groups excluding tert-OH is 2. The third-order valence-electron chi connectivity index (χ3n) is 2.99. The summed E-state index contributed by atoms with van der Waals surface area (Å²) < 4.78 is 0. The lowest BCUT2D eigenvalue weighted by Gasteiger charge is -2.17. The van der Waals surface area contributed by atoms with Gasteiger partial charge in [-0.15, -0.1) is 0 Å². The van der Waals surface area contributed by atoms with Gasteiger partial charge in [-0.25, -0.2) is 0 Å². The van der Waals surface area contributed by atoms with E-state index in [0.717, 1.165) is 22.3 Å². The summed E-state index contributed by atoms with van der Waals surface area (Å²) >= 11 is 0. The molecule has 0 saturated carbocycles. The van der Waals surface area contributed by atoms with E-state index >= 15 is 0 Å². The summed E-state index contributed by atoms with van der Waals surface area (Å²) in [6.07, 6.45) is 0.357. The normalized spacial score (nSPS) is 14.6. The van der Waals surface area contributed by atoms with Crippen molar-refractivity contribution in [1.82, 2.24) is 0 Å². The lowest BCUT2D eigenvalue weighted by atomic mass is 9.92. The van der Waals surface area contributed by atoms with Crippen molar-refractivity contribution in [2.75, 3.05) is 0 Å². The largest absolute Gasteiger partial charge is 0.393 e. The van der Waals surface area contributed by atoms with Gasteiger partial charge in [0.2, 0.25) is 0 Å². The van der Waals surface area contributed by atoms with Crippen LogP contribution in [0, 0.1) is 0 Å². The summed E-state index contributed by atoms with van der Waals surface area (Å²) in [5.41, 5.74) is 15.6. The highest BCUT2D eigenvalue weighted by molar-refractivity contribution is 5.39. The van der Waals surface area contributed by atoms with Crippen molar-refractivity contribution < 1.29 is 10.2 Å². The zero-order valence-electron chi connectivity index (χ0n) is 11.2. The molecule has 0 saturated heterocycles. The number of rotatable bonds is 6. The molecule has 18 heavy (non-hydrogen) atoms. The third kappa shape index (κ3) is 4.07. The van der Waals surface area contributed by atoms with E-state index in [9.17, 15) is 10.2 Å². The van der Waals surface area contributed by atoms with E-state index in [1.54, 1.807) is 13.8 Å². The summed E-state index contributed by atoms with van der Waals surface area (Å²) in [6.45, 7) is 4.37. The van der Waals surface area contributed by atoms with Crippen molar-refractivity contribution in [3.8, 4) is 0 Å². The van der Waals surface area contributed by atoms with Crippen LogP contribution in [0.1, 0.15) is 36.1 Å². The van der Waals surface area contributed by atoms with Gasteiger partial charge in [0.15, 0.2) is 0 Å². The van der Waals surface area contributed by atoms with Gasteiger partial charge in [-0.3, -0.25) is 0 Å². The molecule has 1 aromatic carbocycles. The fourth-order valence-electron chi connectivity index (χ4n) is 2.19. The monoisotopic (exact) mass is 252 g/mol. The van der Waals surface area contributed by atoms with Gasteiger partial charge >= 0.3 is 0 Å². The molecule has 2 unspecified atom stereocenters. The van der Waals surface area contributed by atoms with Gasteiger partial charge < -0.3 is 21.7 Å². The van der Waals surface area contributed by atoms with E-state index in [1.165, 1.54) is 0 Å². The Hall–Kier alpha value is -0.940. The van der Waals surface area contributed by atoms with Crippen LogP contribution >= 0.6 is 0 Å². The molecule has 1 rings (SSSR count). The van der Waals surface area contributed by atoms with Crippen molar-refractivity contribution in [3.05, 3.63) is 34.4 Å². The van der Waals surface area contributed by atoms with Gasteiger partial charge in [-0.1, -0.05) is 12.1 Å². The molecule has 1 aromatic rings. The zero-order chi connectivity index (χ0) is 13.7. The quantitative estimate of drug-likeness (QED) is 0.591. The van der Waals surface area contributed by atoms with Crippen molar-refractivity contribution in [1.29, 1.82) is 0 Å². The molecule has 0 aromatic heterocycles. The Balaban J connectivity index is 3.14. The zero-order valence-corrected chi connectivity index (χ0v) is 11.2. The summed E-state index contributed by atoms with van der Waals surface area (Å²) in [6, 6.07) is 4.01. The van der Waals surface area contributed by atoms with Crippen LogP contribution in [-0.4, -0.2) is 22.4 Å². The van der Waals surface area contributed by atoms with Gasteiger partial charge in [0.05, 0.1) is 12.2 Å². The minimum atomic E-state index is -0.400. The van der Waals surface area contributed by atoms with Gasteiger partial charge in [0, 0.05) is 13.1 Å². The first-order chi connectivity index (χ1) is 8.47. The average molecular weight is 252 g/mol. The highest BCUT2D eigenvalue weighted by atomic mass is 16.3. The Morgan fingerprint density at radius 3 is 1.39 bits per heavy atom. The van der Waals surface area contributed by atoms with Crippen LogP contribution in [0.5, 0.6) is 0 Å². The standard InChI is InChI=1S/C14H24N2O2/c1-9(17)3-11-5-14(8-16)12(4-10(2)18)6-13(11)7-15/h5-6,9-10,17-18H,3-4,7-8,15-16H2,1-2H3. The summed E-state index contributed by atoms with van der Waals surface area (Å²) in [4.78, 5) is 0. The van der Waals surface area contributed by atoms with Gasteiger partial charge in [-0.05, 0) is 48.9 Å². The maximum atomic E-state index is 9.49. The van der Waals surface area contributed by atoms with Crippen LogP contribution in [-0.2, 0) is 25.9 Å². The fraction of sp³-hybridized carbons (Fsp3) is 0.571. The first kappa shape index (κ1) is 15.1. The summed E-state index contributed by atoms with van der Waals surface area (Å²) in [7, 11) is 0. The fourth-order valence-corrected chi connectivity index (χ4v) is 2.19. The van der Waals surface area contributed by atoms with E-state index < -0.39 is 12.2 Å². The molecule has 2 atom stereocenters. The average Bonchev–Trinajstić information content (AvgIpc) is 2.29. The predicted molar refractivity (Wildman–Crippen MR) is 73.0 cm³/mol. The van der Waals surface area contributed by atoms with E-state index in [1.807, 2.05) is 12.1 Å². The van der Waals surface area contributed by atoms with Crippen LogP contribution < -0.4 is 11.5 Å². The number of hydrogen-bond acceptors (Lipinski definition) is 4. The Kier molecular flexibility index (Phi) is 5.75. The maximum Gasteiger partial charge on any atom is 0.0552 e. The van der Waals surface area contributed by atoms with Gasteiger partial charge in [0.25, 0.3) is 0 Å². The summed E-state index contributed by atoms with van der Waals surface area (Å²) in [5, 5.41) is 19.0. The highest BCUT2D eigenvalue weighted by Crippen LogP contribution is 2.20. The molecule has 0 aliphatic heterocycles. The Bertz CT molecular complexity index is 352. The van der Waals surface area contributed by atoms with E-state index in [0.29, 0.717) is 25.9 Å². The Morgan fingerprint density at radius 2 is 1.17 bits per heavy atom. The predicted octanol–water partition coefficient (Wildman–Crippen LogP) is 0.451. The molecule has 0 bridgehead atoms. The first-order valence-electron chi connectivity index (χ1n) is 6.37. The van der Waals surface area contributed by atoms with E-state index in [-0.39, 0.29) is 0 Å². The van der Waals surface area contributed by atoms with Crippen LogP contribution in [0.25, 0.3) is 0 Å². The smallest absolute Gasteiger partial charge is 0.0552 e. The lowest BCUT2D eigenvalue weighted by Crippen LogP contribution is -2.15. The number of benzene rings is 1. The second-order valence-corrected chi connectivity index (χ2v) is 4.90. The molecule has 0 amide bonds. The minimum absolute atomic E-state index is 0.400. The molecule has 0 aliphatic rings. The molecular formula is C14H24N2O2. The molecule has 102 valence electrons. The number of nitrogens with two attached hydrogens (primary N) is 2. The van der Waals surface area contributed by atoms with Crippen molar-refractivity contribution in [3.63, 3.8) is 0 Å². The second-order valence-electron chi connectivity index (χ2n) is 4.90. The van der Waals surface area contributed by atoms with Crippen molar-refractivity contribution >= 4 is 0 Å². The third-order valence-corrected chi connectivity index (χ3v) is 2.99. The SMILES string of the molecule is CC(O)Cc1cc(CN)c(CC(C)O)cc1CN. The second kappa shape index (κ2) is 6.85. The molecule has 6 N–H and O–H groups in total. The van der Waals surface area contributed by atoms with Crippen molar-refractivity contribution in [2.24, 2.45) is 11.5 Å². The number of aliphatic hydroxyl groups is 2. The Labute approximate surface area is 109 Å². The van der Waals surface area contributed by atoms with Crippen LogP contribution in [0.4, 0.5) is 0 Å². The topological polar surface area (TPSA) is 92.5 Å². The lowest BCUT2D eigenvalue weighted by molar-refractivity contribution is 0.193. The van der Waals surface area contributed by atoms with Crippen LogP contribution in [0.2, 0.25) is 0 Å². The van der Waals surface area contributed by atoms with Crippen LogP contribution in [0.15, 0.2) is 12.1 Å². The Morgan fingerprint density at radius 1 is 0.833 bits per heavy atom. The van der Waals surface area contributed by atoms with E-state index in [2.05, 4.69) is 0 Å². The molecular weight excluding hydrogens is 228 g/mol. The van der Waals surface area contributed by atoms with Crippen molar-refractivity contribution in [2.45, 2.75) is 52.0 Å². The highest BCUT2D eigenvalue weighted by Gasteiger charge is 2.11. The first-order valence-corrected chi connectivity index (χ1v) is 6.37. The molecule has 4 heteroatoms. The van der Waals surface area contributed by atoms with Gasteiger partial charge in [-0.2, -0.15) is 0 Å². The molecule has 0 heterocycles. The molecule has 4 nitrogen and oxygen atoms in total. The van der Waals surface area contributed by atoms with Crippen LogP contribution in [0.3, 0.4) is 0 Å². The van der Waals surface area contributed by atoms with E-state index in [4.69, 9.17) is 11.5 Å². The molecule has 0 spiro atoms. The van der Waals surface area contributed by atoms with Gasteiger partial charge in [0.1, 0.15) is 0 Å². The molecule has 0 radical (unpaired) electrons. The number of hydrogen-bond donors (Lipinski definition) is 4. The summed E-state index contributed by atoms with van der Waals surface area (Å²) in [5.74, 6) is 0. The molecule has 0 fully saturated rings.